The Morgan fingerprint density at radius 3 is 2.12 bits per heavy atom. The lowest BCUT2D eigenvalue weighted by molar-refractivity contribution is -0.151. The number of amides is 1. The van der Waals surface area contributed by atoms with Crippen LogP contribution < -0.4 is 5.32 Å². The van der Waals surface area contributed by atoms with E-state index in [4.69, 9.17) is 0 Å². The van der Waals surface area contributed by atoms with E-state index in [9.17, 15) is 14.7 Å². The van der Waals surface area contributed by atoms with Gasteiger partial charge in [0, 0.05) is 12.0 Å². The predicted octanol–water partition coefficient (Wildman–Crippen LogP) is 2.08. The van der Waals surface area contributed by atoms with E-state index >= 15 is 0 Å². The van der Waals surface area contributed by atoms with Gasteiger partial charge in [0.1, 0.15) is 0 Å². The maximum Gasteiger partial charge on any atom is 0.310 e. The van der Waals surface area contributed by atoms with Crippen LogP contribution in [-0.2, 0) is 9.59 Å². The van der Waals surface area contributed by atoms with Gasteiger partial charge in [-0.05, 0) is 39.0 Å². The van der Waals surface area contributed by atoms with Crippen LogP contribution >= 0.6 is 0 Å². The van der Waals surface area contributed by atoms with Crippen LogP contribution in [0.25, 0.3) is 0 Å². The molecule has 0 aromatic rings. The molecule has 2 aliphatic carbocycles. The lowest BCUT2D eigenvalue weighted by Gasteiger charge is -2.40. The van der Waals surface area contributed by atoms with E-state index in [2.05, 4.69) is 5.32 Å². The van der Waals surface area contributed by atoms with E-state index in [1.807, 2.05) is 6.92 Å². The number of hydrogen-bond acceptors (Lipinski definition) is 2. The van der Waals surface area contributed by atoms with Crippen molar-refractivity contribution in [3.63, 3.8) is 0 Å². The molecule has 0 unspecified atom stereocenters. The third-order valence-corrected chi connectivity index (χ3v) is 4.41. The average molecular weight is 239 g/mol. The molecule has 0 atom stereocenters. The zero-order valence-corrected chi connectivity index (χ0v) is 10.4. The molecule has 2 N–H and O–H groups in total. The van der Waals surface area contributed by atoms with Crippen LogP contribution in [0.1, 0.15) is 58.3 Å². The number of nitrogens with one attached hydrogen (secondary N) is 1. The Balaban J connectivity index is 1.94. The largest absolute Gasteiger partial charge is 0.481 e. The summed E-state index contributed by atoms with van der Waals surface area (Å²) in [4.78, 5) is 23.3. The Labute approximate surface area is 102 Å². The SMILES string of the molecule is CC1(NC(=O)CC2(C(=O)O)CCCC2)CCC1. The maximum absolute atomic E-state index is 11.9. The van der Waals surface area contributed by atoms with Crippen molar-refractivity contribution in [1.29, 1.82) is 0 Å². The number of carboxylic acid groups (broad SMARTS) is 1. The lowest BCUT2D eigenvalue weighted by Crippen LogP contribution is -2.52. The molecule has 0 heterocycles. The van der Waals surface area contributed by atoms with Crippen molar-refractivity contribution < 1.29 is 14.7 Å². The zero-order chi connectivity index (χ0) is 12.5. The third-order valence-electron chi connectivity index (χ3n) is 4.41. The molecule has 2 saturated carbocycles. The van der Waals surface area contributed by atoms with Gasteiger partial charge in [-0.3, -0.25) is 9.59 Å². The van der Waals surface area contributed by atoms with Gasteiger partial charge in [0.05, 0.1) is 5.41 Å². The Hall–Kier alpha value is -1.06. The Morgan fingerprint density at radius 1 is 1.12 bits per heavy atom. The van der Waals surface area contributed by atoms with Crippen molar-refractivity contribution >= 4 is 11.9 Å². The van der Waals surface area contributed by atoms with E-state index in [0.29, 0.717) is 12.8 Å². The summed E-state index contributed by atoms with van der Waals surface area (Å²) >= 11 is 0. The topological polar surface area (TPSA) is 66.4 Å². The minimum absolute atomic E-state index is 0.0740. The van der Waals surface area contributed by atoms with Crippen LogP contribution in [0.4, 0.5) is 0 Å². The molecule has 0 aliphatic heterocycles. The number of carbonyl (C=O) groups is 2. The van der Waals surface area contributed by atoms with Crippen molar-refractivity contribution in [1.82, 2.24) is 5.32 Å². The quantitative estimate of drug-likeness (QED) is 0.789. The summed E-state index contributed by atoms with van der Waals surface area (Å²) in [5, 5.41) is 12.3. The number of rotatable bonds is 4. The average Bonchev–Trinajstić information content (AvgIpc) is 2.65. The fourth-order valence-corrected chi connectivity index (χ4v) is 3.04. The molecule has 0 radical (unpaired) electrons. The second kappa shape index (κ2) is 4.31. The van der Waals surface area contributed by atoms with Gasteiger partial charge in [0.2, 0.25) is 5.91 Å². The first-order valence-electron chi connectivity index (χ1n) is 6.50. The summed E-state index contributed by atoms with van der Waals surface area (Å²) in [5.74, 6) is -0.889. The predicted molar refractivity (Wildman–Crippen MR) is 63.6 cm³/mol. The number of carboxylic acids is 1. The molecule has 0 aromatic carbocycles. The van der Waals surface area contributed by atoms with Gasteiger partial charge in [-0.25, -0.2) is 0 Å². The highest BCUT2D eigenvalue weighted by molar-refractivity contribution is 5.85. The molecule has 2 aliphatic rings. The summed E-state index contributed by atoms with van der Waals surface area (Å²) in [6.07, 6.45) is 6.48. The highest BCUT2D eigenvalue weighted by Crippen LogP contribution is 2.42. The summed E-state index contributed by atoms with van der Waals surface area (Å²) in [5.41, 5.74) is -0.862. The fraction of sp³-hybridized carbons (Fsp3) is 0.846. The summed E-state index contributed by atoms with van der Waals surface area (Å²) in [6.45, 7) is 2.04. The minimum atomic E-state index is -0.802. The van der Waals surface area contributed by atoms with Gasteiger partial charge in [0.25, 0.3) is 0 Å². The van der Waals surface area contributed by atoms with Crippen molar-refractivity contribution in [3.05, 3.63) is 0 Å². The Morgan fingerprint density at radius 2 is 1.71 bits per heavy atom. The summed E-state index contributed by atoms with van der Waals surface area (Å²) in [7, 11) is 0. The third kappa shape index (κ3) is 2.45. The first-order chi connectivity index (χ1) is 7.96. The molecule has 4 nitrogen and oxygen atoms in total. The van der Waals surface area contributed by atoms with Gasteiger partial charge in [-0.2, -0.15) is 0 Å². The molecule has 96 valence electrons. The lowest BCUT2D eigenvalue weighted by atomic mass is 9.77. The molecule has 4 heteroatoms. The Bertz CT molecular complexity index is 328. The van der Waals surface area contributed by atoms with Crippen LogP contribution in [-0.4, -0.2) is 22.5 Å². The van der Waals surface area contributed by atoms with Gasteiger partial charge in [0.15, 0.2) is 0 Å². The van der Waals surface area contributed by atoms with Crippen LogP contribution in [0.15, 0.2) is 0 Å². The van der Waals surface area contributed by atoms with Crippen molar-refractivity contribution in [2.75, 3.05) is 0 Å². The first-order valence-corrected chi connectivity index (χ1v) is 6.50. The molecule has 0 bridgehead atoms. The fourth-order valence-electron chi connectivity index (χ4n) is 3.04. The summed E-state index contributed by atoms with van der Waals surface area (Å²) < 4.78 is 0. The highest BCUT2D eigenvalue weighted by Gasteiger charge is 2.44. The second-order valence-electron chi connectivity index (χ2n) is 5.93. The molecule has 0 saturated heterocycles. The Kier molecular flexibility index (Phi) is 3.15. The van der Waals surface area contributed by atoms with Gasteiger partial charge in [-0.15, -0.1) is 0 Å². The number of carbonyl (C=O) groups excluding carboxylic acids is 1. The van der Waals surface area contributed by atoms with Gasteiger partial charge >= 0.3 is 5.97 Å². The molecule has 17 heavy (non-hydrogen) atoms. The number of hydrogen-bond donors (Lipinski definition) is 2. The molecular formula is C13H21NO3. The second-order valence-corrected chi connectivity index (χ2v) is 5.93. The van der Waals surface area contributed by atoms with E-state index in [1.54, 1.807) is 0 Å². The van der Waals surface area contributed by atoms with Crippen molar-refractivity contribution in [3.8, 4) is 0 Å². The van der Waals surface area contributed by atoms with E-state index in [1.165, 1.54) is 0 Å². The van der Waals surface area contributed by atoms with Gasteiger partial charge in [-0.1, -0.05) is 12.8 Å². The molecule has 0 aromatic heterocycles. The minimum Gasteiger partial charge on any atom is -0.481 e. The molecule has 2 fully saturated rings. The van der Waals surface area contributed by atoms with E-state index < -0.39 is 11.4 Å². The molecule has 1 amide bonds. The standard InChI is InChI=1S/C13H21NO3/c1-12(5-4-6-12)14-10(15)9-13(11(16)17)7-2-3-8-13/h2-9H2,1H3,(H,14,15)(H,16,17). The summed E-state index contributed by atoms with van der Waals surface area (Å²) in [6, 6.07) is 0. The van der Waals surface area contributed by atoms with Gasteiger partial charge < -0.3 is 10.4 Å². The van der Waals surface area contributed by atoms with Crippen LogP contribution in [0.5, 0.6) is 0 Å². The van der Waals surface area contributed by atoms with Crippen molar-refractivity contribution in [2.24, 2.45) is 5.41 Å². The van der Waals surface area contributed by atoms with Crippen molar-refractivity contribution in [2.45, 2.75) is 63.8 Å². The number of aliphatic carboxylic acids is 1. The maximum atomic E-state index is 11.9. The highest BCUT2D eigenvalue weighted by atomic mass is 16.4. The normalized spacial score (nSPS) is 25.0. The first kappa shape index (κ1) is 12.4. The van der Waals surface area contributed by atoms with E-state index in [-0.39, 0.29) is 17.9 Å². The van der Waals surface area contributed by atoms with Crippen LogP contribution in [0, 0.1) is 5.41 Å². The molecular weight excluding hydrogens is 218 g/mol. The molecule has 0 spiro atoms. The smallest absolute Gasteiger partial charge is 0.310 e. The van der Waals surface area contributed by atoms with Crippen LogP contribution in [0.3, 0.4) is 0 Å². The molecule has 2 rings (SSSR count). The van der Waals surface area contributed by atoms with Crippen LogP contribution in [0.2, 0.25) is 0 Å². The van der Waals surface area contributed by atoms with E-state index in [0.717, 1.165) is 32.1 Å². The zero-order valence-electron chi connectivity index (χ0n) is 10.4. The monoisotopic (exact) mass is 239 g/mol.